The van der Waals surface area contributed by atoms with E-state index in [1.165, 1.54) is 38.5 Å². The van der Waals surface area contributed by atoms with Crippen LogP contribution in [0.2, 0.25) is 0 Å². The molecule has 0 aromatic heterocycles. The summed E-state index contributed by atoms with van der Waals surface area (Å²) in [6, 6.07) is 10.3. The van der Waals surface area contributed by atoms with Crippen LogP contribution in [-0.2, 0) is 16.1 Å². The van der Waals surface area contributed by atoms with Crippen LogP contribution in [0.1, 0.15) is 77.2 Å². The fraction of sp³-hybridized carbons (Fsp3) is 0.704. The lowest BCUT2D eigenvalue weighted by Crippen LogP contribution is -2.74. The van der Waals surface area contributed by atoms with E-state index < -0.39 is 0 Å². The van der Waals surface area contributed by atoms with Crippen LogP contribution in [0.25, 0.3) is 0 Å². The minimum Gasteiger partial charge on any atom is -0.273 e. The lowest BCUT2D eigenvalue weighted by Gasteiger charge is -2.63. The van der Waals surface area contributed by atoms with E-state index in [9.17, 15) is 9.59 Å². The number of hydrogen-bond donors (Lipinski definition) is 0. The third-order valence-electron chi connectivity index (χ3n) is 10.4. The van der Waals surface area contributed by atoms with Crippen molar-refractivity contribution in [2.75, 3.05) is 7.05 Å². The number of fused-ring (bicyclic) bond motifs is 5. The average molecular weight is 424 g/mol. The van der Waals surface area contributed by atoms with Gasteiger partial charge in [-0.05, 0) is 67.3 Å². The molecule has 0 spiro atoms. The molecular formula is C27H39N2O2+. The Balaban J connectivity index is 1.48. The molecule has 3 aliphatic carbocycles. The normalized spacial score (nSPS) is 44.2. The first-order valence-corrected chi connectivity index (χ1v) is 12.5. The Kier molecular flexibility index (Phi) is 5.08. The van der Waals surface area contributed by atoms with Gasteiger partial charge in [-0.15, -0.1) is 0 Å². The summed E-state index contributed by atoms with van der Waals surface area (Å²) in [5.41, 5.74) is 1.77. The first-order valence-electron chi connectivity index (χ1n) is 12.5. The van der Waals surface area contributed by atoms with Crippen molar-refractivity contribution < 1.29 is 14.2 Å². The minimum atomic E-state index is 0.132. The molecule has 1 aromatic carbocycles. The molecule has 1 aromatic rings. The van der Waals surface area contributed by atoms with E-state index in [-0.39, 0.29) is 22.0 Å². The zero-order chi connectivity index (χ0) is 21.9. The van der Waals surface area contributed by atoms with Crippen molar-refractivity contribution in [3.05, 3.63) is 35.9 Å². The summed E-state index contributed by atoms with van der Waals surface area (Å²) in [7, 11) is 2.03. The second kappa shape index (κ2) is 7.43. The van der Waals surface area contributed by atoms with Gasteiger partial charge < -0.3 is 0 Å². The molecule has 1 saturated heterocycles. The SMILES string of the molecule is C[C@@]12CCC[C@H]1[C@@H]1CC[C@@H]3[C@](C)(CCC(=O)[N+]3(C)N(C=O)Cc3ccccc3)[C@H]1CC2. The molecule has 3 saturated carbocycles. The summed E-state index contributed by atoms with van der Waals surface area (Å²) < 4.78 is 0.167. The van der Waals surface area contributed by atoms with E-state index in [0.717, 1.165) is 36.7 Å². The van der Waals surface area contributed by atoms with Crippen molar-refractivity contribution in [2.45, 2.75) is 84.2 Å². The highest BCUT2D eigenvalue weighted by molar-refractivity contribution is 5.71. The summed E-state index contributed by atoms with van der Waals surface area (Å²) in [6.07, 6.45) is 11.7. The standard InChI is InChI=1S/C27H39N2O2/c1-26-15-7-10-22(26)21-11-12-24-27(2,23(21)13-16-26)17-14-25(31)29(24,3)28(19-30)18-20-8-5-4-6-9-20/h4-6,8-9,19,21-24H,7,10-18H2,1-3H3/q+1/t21-,22-,23-,24+,26-,27+,29?/m0/s1. The maximum absolute atomic E-state index is 13.5. The number of piperidine rings is 1. The van der Waals surface area contributed by atoms with Crippen LogP contribution < -0.4 is 0 Å². The molecule has 2 amide bonds. The molecule has 0 radical (unpaired) electrons. The van der Waals surface area contributed by atoms with Gasteiger partial charge in [0, 0.05) is 11.8 Å². The molecule has 4 fully saturated rings. The van der Waals surface area contributed by atoms with Crippen LogP contribution in [0.3, 0.4) is 0 Å². The highest BCUT2D eigenvalue weighted by Gasteiger charge is 2.65. The molecule has 7 atom stereocenters. The maximum atomic E-state index is 13.5. The Hall–Kier alpha value is -1.68. The molecule has 4 nitrogen and oxygen atoms in total. The summed E-state index contributed by atoms with van der Waals surface area (Å²) in [5, 5.41) is 1.79. The van der Waals surface area contributed by atoms with Crippen LogP contribution >= 0.6 is 0 Å². The maximum Gasteiger partial charge on any atom is 0.338 e. The van der Waals surface area contributed by atoms with Crippen molar-refractivity contribution in [1.29, 1.82) is 0 Å². The van der Waals surface area contributed by atoms with Crippen LogP contribution in [-0.4, -0.2) is 35.0 Å². The first kappa shape index (κ1) is 21.2. The Morgan fingerprint density at radius 3 is 2.55 bits per heavy atom. The van der Waals surface area contributed by atoms with Crippen molar-refractivity contribution in [3.63, 3.8) is 0 Å². The van der Waals surface area contributed by atoms with Crippen LogP contribution in [0, 0.1) is 28.6 Å². The number of benzene rings is 1. The second-order valence-electron chi connectivity index (χ2n) is 11.7. The average Bonchev–Trinajstić information content (AvgIpc) is 3.17. The van der Waals surface area contributed by atoms with Crippen LogP contribution in [0.15, 0.2) is 30.3 Å². The predicted molar refractivity (Wildman–Crippen MR) is 121 cm³/mol. The zero-order valence-electron chi connectivity index (χ0n) is 19.6. The summed E-state index contributed by atoms with van der Waals surface area (Å²) in [4.78, 5) is 25.8. The number of carbonyl (C=O) groups is 2. The quantitative estimate of drug-likeness (QED) is 0.485. The number of likely N-dealkylation sites (tertiary alicyclic amines) is 1. The van der Waals surface area contributed by atoms with Gasteiger partial charge >= 0.3 is 5.91 Å². The fourth-order valence-electron chi connectivity index (χ4n) is 8.76. The van der Waals surface area contributed by atoms with E-state index in [2.05, 4.69) is 26.0 Å². The molecular weight excluding hydrogens is 384 g/mol. The van der Waals surface area contributed by atoms with E-state index in [1.807, 2.05) is 25.2 Å². The van der Waals surface area contributed by atoms with E-state index in [4.69, 9.17) is 0 Å². The van der Waals surface area contributed by atoms with Crippen LogP contribution in [0.4, 0.5) is 0 Å². The topological polar surface area (TPSA) is 37.4 Å². The number of nitrogens with zero attached hydrogens (tertiary/aromatic N) is 2. The van der Waals surface area contributed by atoms with Gasteiger partial charge in [0.05, 0.1) is 20.0 Å². The summed E-state index contributed by atoms with van der Waals surface area (Å²) in [6.45, 7) is 5.52. The van der Waals surface area contributed by atoms with Gasteiger partial charge in [-0.1, -0.05) is 50.6 Å². The molecule has 0 bridgehead atoms. The van der Waals surface area contributed by atoms with Gasteiger partial charge in [-0.2, -0.15) is 9.60 Å². The first-order chi connectivity index (χ1) is 14.8. The number of hydrogen-bond acceptors (Lipinski definition) is 2. The third-order valence-corrected chi connectivity index (χ3v) is 10.4. The van der Waals surface area contributed by atoms with Gasteiger partial charge in [0.15, 0.2) is 0 Å². The molecule has 1 unspecified atom stereocenters. The molecule has 0 N–H and O–H groups in total. The molecule has 1 heterocycles. The molecule has 1 aliphatic heterocycles. The van der Waals surface area contributed by atoms with Crippen molar-refractivity contribution in [1.82, 2.24) is 5.01 Å². The predicted octanol–water partition coefficient (Wildman–Crippen LogP) is 5.33. The number of quaternary nitrogens is 1. The van der Waals surface area contributed by atoms with Gasteiger partial charge in [-0.25, -0.2) is 4.79 Å². The lowest BCUT2D eigenvalue weighted by atomic mass is 9.47. The molecule has 31 heavy (non-hydrogen) atoms. The Morgan fingerprint density at radius 2 is 1.81 bits per heavy atom. The molecule has 4 aliphatic rings. The van der Waals surface area contributed by atoms with Crippen molar-refractivity contribution in [2.24, 2.45) is 28.6 Å². The van der Waals surface area contributed by atoms with Crippen molar-refractivity contribution in [3.8, 4) is 0 Å². The van der Waals surface area contributed by atoms with Crippen LogP contribution in [0.5, 0.6) is 0 Å². The highest BCUT2D eigenvalue weighted by atomic mass is 16.2. The number of amides is 2. The summed E-state index contributed by atoms with van der Waals surface area (Å²) in [5.74, 6) is 2.58. The minimum absolute atomic E-state index is 0.132. The van der Waals surface area contributed by atoms with E-state index >= 15 is 0 Å². The van der Waals surface area contributed by atoms with Gasteiger partial charge in [-0.3, -0.25) is 4.79 Å². The molecule has 5 rings (SSSR count). The Morgan fingerprint density at radius 1 is 1.03 bits per heavy atom. The third kappa shape index (κ3) is 3.04. The van der Waals surface area contributed by atoms with Gasteiger partial charge in [0.25, 0.3) is 6.41 Å². The van der Waals surface area contributed by atoms with Gasteiger partial charge in [0.2, 0.25) is 0 Å². The van der Waals surface area contributed by atoms with E-state index in [1.54, 1.807) is 5.01 Å². The monoisotopic (exact) mass is 423 g/mol. The summed E-state index contributed by atoms with van der Waals surface area (Å²) >= 11 is 0. The molecule has 4 heteroatoms. The van der Waals surface area contributed by atoms with Gasteiger partial charge in [0.1, 0.15) is 6.04 Å². The molecule has 168 valence electrons. The number of rotatable bonds is 4. The highest BCUT2D eigenvalue weighted by Crippen LogP contribution is 2.65. The number of carbonyl (C=O) groups excluding carboxylic acids is 2. The largest absolute Gasteiger partial charge is 0.338 e. The Labute approximate surface area is 187 Å². The lowest BCUT2D eigenvalue weighted by molar-refractivity contribution is -0.974. The second-order valence-corrected chi connectivity index (χ2v) is 11.7. The van der Waals surface area contributed by atoms with E-state index in [0.29, 0.717) is 24.3 Å². The smallest absolute Gasteiger partial charge is 0.273 e. The van der Waals surface area contributed by atoms with Crippen molar-refractivity contribution >= 4 is 12.3 Å². The Bertz CT molecular complexity index is 856. The fourth-order valence-corrected chi connectivity index (χ4v) is 8.76. The zero-order valence-corrected chi connectivity index (χ0v) is 19.6.